The van der Waals surface area contributed by atoms with Crippen LogP contribution in [-0.4, -0.2) is 145 Å². The summed E-state index contributed by atoms with van der Waals surface area (Å²) >= 11 is 16.3. The molecule has 0 fully saturated rings. The van der Waals surface area contributed by atoms with Crippen LogP contribution in [0.5, 0.6) is 0 Å². The molecule has 0 bridgehead atoms. The smallest absolute Gasteiger partial charge is 0.293 e. The minimum atomic E-state index is -0.718. The number of anilines is 5. The first kappa shape index (κ1) is 92.8. The molecule has 0 saturated heterocycles. The zero-order chi connectivity index (χ0) is 90.4. The van der Waals surface area contributed by atoms with E-state index in [4.69, 9.17) is 39.8 Å². The van der Waals surface area contributed by atoms with Crippen molar-refractivity contribution < 1.29 is 19.5 Å². The number of aromatic nitrogens is 17. The maximum absolute atomic E-state index is 12.6. The van der Waals surface area contributed by atoms with Crippen molar-refractivity contribution in [2.75, 3.05) is 59.3 Å². The molecule has 0 spiro atoms. The summed E-state index contributed by atoms with van der Waals surface area (Å²) in [5, 5.41) is 31.7. The number of carbonyl (C=O) groups is 3. The summed E-state index contributed by atoms with van der Waals surface area (Å²) in [5.74, 6) is 6.98. The topological polar surface area (TPSA) is 378 Å². The molecule has 18 rings (SSSR count). The molecule has 0 saturated carbocycles. The van der Waals surface area contributed by atoms with Crippen LogP contribution in [0.15, 0.2) is 256 Å². The van der Waals surface area contributed by atoms with Gasteiger partial charge in [0.2, 0.25) is 0 Å². The van der Waals surface area contributed by atoms with Gasteiger partial charge in [0.1, 0.15) is 80.2 Å². The zero-order valence-corrected chi connectivity index (χ0v) is 74.8. The Labute approximate surface area is 757 Å². The highest BCUT2D eigenvalue weighted by Crippen LogP contribution is 2.30. The van der Waals surface area contributed by atoms with E-state index in [1.807, 2.05) is 116 Å². The van der Waals surface area contributed by atoms with Gasteiger partial charge in [0.05, 0.1) is 11.3 Å². The van der Waals surface area contributed by atoms with Crippen LogP contribution in [0, 0.1) is 35.8 Å². The summed E-state index contributed by atoms with van der Waals surface area (Å²) < 4.78 is 0. The summed E-state index contributed by atoms with van der Waals surface area (Å²) in [4.78, 5) is 106. The van der Waals surface area contributed by atoms with E-state index in [1.54, 1.807) is 92.4 Å². The van der Waals surface area contributed by atoms with Crippen LogP contribution in [0.2, 0.25) is 10.3 Å². The fourth-order valence-electron chi connectivity index (χ4n) is 12.8. The third-order valence-electron chi connectivity index (χ3n) is 19.4. The van der Waals surface area contributed by atoms with Gasteiger partial charge in [-0.15, -0.1) is 0 Å². The molecule has 17 aromatic heterocycles. The minimum Gasteiger partial charge on any atom is -0.384 e. The van der Waals surface area contributed by atoms with Crippen molar-refractivity contribution >= 4 is 148 Å². The molecular formula is C98H101Cl3N23O4+. The van der Waals surface area contributed by atoms with Gasteiger partial charge in [0, 0.05) is 222 Å². The van der Waals surface area contributed by atoms with Crippen LogP contribution < -0.4 is 26.6 Å². The quantitative estimate of drug-likeness (QED) is 0.00832. The number of rotatable bonds is 25. The Morgan fingerprint density at radius 3 is 1.24 bits per heavy atom. The van der Waals surface area contributed by atoms with Gasteiger partial charge < -0.3 is 51.3 Å². The van der Waals surface area contributed by atoms with E-state index in [1.165, 1.54) is 41.0 Å². The lowest BCUT2D eigenvalue weighted by molar-refractivity contribution is 0.103. The van der Waals surface area contributed by atoms with E-state index < -0.39 is 11.3 Å². The maximum atomic E-state index is 12.6. The second kappa shape index (κ2) is 46.0. The van der Waals surface area contributed by atoms with Crippen molar-refractivity contribution in [2.45, 2.75) is 81.8 Å². The van der Waals surface area contributed by atoms with Crippen molar-refractivity contribution in [1.29, 1.82) is 0 Å². The molecule has 128 heavy (non-hydrogen) atoms. The predicted octanol–water partition coefficient (Wildman–Crippen LogP) is 20.7. The Kier molecular flexibility index (Phi) is 33.4. The molecule has 1 unspecified atom stereocenters. The monoisotopic (exact) mass is 1770 g/mol. The fourth-order valence-corrected chi connectivity index (χ4v) is 13.1. The SMILES string of the molecule is CC(C)CN=C(c1ccc(NCC(C)C)nc1)c1c[nH]c2ncccc12.CC(C)CNc1ccc(C(=O)c2c[nH]c3ncccc23)cn1.CC(C)CNc1ccc(C(O)c2c[nH]c3ncccc23)cn1.CC(C)CNc1ccc(Cc2c[nH]c3ncccc23)cn1.O=C(Cl)c1ccc(Cl)nc1.O=C(c1ccc(Cl)nc1)c1c[nH]c2ncccc12.[C+]1=Cc2cccnc2N1. The molecule has 652 valence electrons. The normalized spacial score (nSPS) is 11.5. The van der Waals surface area contributed by atoms with Gasteiger partial charge in [-0.25, -0.2) is 54.8 Å². The van der Waals surface area contributed by atoms with E-state index >= 15 is 0 Å². The Balaban J connectivity index is 0.000000138. The molecule has 0 amide bonds. The van der Waals surface area contributed by atoms with Gasteiger partial charge in [0.25, 0.3) is 11.1 Å². The van der Waals surface area contributed by atoms with E-state index in [9.17, 15) is 19.5 Å². The maximum Gasteiger partial charge on any atom is 0.293 e. The molecule has 17 aromatic rings. The van der Waals surface area contributed by atoms with Crippen LogP contribution in [0.25, 0.3) is 61.2 Å². The summed E-state index contributed by atoms with van der Waals surface area (Å²) in [6.45, 7) is 26.0. The average Bonchev–Trinajstić information content (AvgIpc) is 1.65. The third kappa shape index (κ3) is 26.4. The van der Waals surface area contributed by atoms with Crippen LogP contribution in [0.1, 0.15) is 156 Å². The molecule has 1 aliphatic heterocycles. The number of ketones is 2. The lowest BCUT2D eigenvalue weighted by Crippen LogP contribution is -2.10. The van der Waals surface area contributed by atoms with Crippen LogP contribution >= 0.6 is 34.8 Å². The number of fused-ring (bicyclic) bond motifs is 6. The Hall–Kier alpha value is -14.3. The molecule has 1 atom stereocenters. The number of nitrogens with one attached hydrogen (secondary N) is 10. The average molecular weight is 1770 g/mol. The fraction of sp³-hybridized carbons (Fsp3) is 0.224. The Morgan fingerprint density at radius 1 is 0.398 bits per heavy atom. The molecule has 30 heteroatoms. The van der Waals surface area contributed by atoms with Crippen LogP contribution in [0.4, 0.5) is 29.1 Å². The molecular weight excluding hydrogens is 1670 g/mol. The van der Waals surface area contributed by atoms with Gasteiger partial charge in [-0.05, 0) is 180 Å². The number of pyridine rings is 12. The third-order valence-corrected chi connectivity index (χ3v) is 20.0. The summed E-state index contributed by atoms with van der Waals surface area (Å²) in [5.41, 5.74) is 14.8. The first-order valence-electron chi connectivity index (χ1n) is 41.9. The van der Waals surface area contributed by atoms with Gasteiger partial charge in [-0.3, -0.25) is 19.4 Å². The molecule has 1 aliphatic rings. The van der Waals surface area contributed by atoms with Gasteiger partial charge in [-0.1, -0.05) is 105 Å². The largest absolute Gasteiger partial charge is 0.384 e. The molecule has 0 aromatic carbocycles. The summed E-state index contributed by atoms with van der Waals surface area (Å²) in [7, 11) is 0. The van der Waals surface area contributed by atoms with Gasteiger partial charge in [0.15, 0.2) is 17.1 Å². The Morgan fingerprint density at radius 2 is 0.797 bits per heavy atom. The lowest BCUT2D eigenvalue weighted by Gasteiger charge is -2.12. The van der Waals surface area contributed by atoms with Crippen LogP contribution in [-0.2, 0) is 6.42 Å². The molecule has 0 aliphatic carbocycles. The van der Waals surface area contributed by atoms with Gasteiger partial charge in [-0.2, -0.15) is 10.3 Å². The summed E-state index contributed by atoms with van der Waals surface area (Å²) in [6.07, 6.45) is 34.5. The number of nitrogens with zero attached hydrogens (tertiary/aromatic N) is 13. The standard InChI is InChI=1S/C21H27N5.C17H20N4O.C17H18N4O.C17H20N4.C13H8ClN3O.C7H5N2.C6H3Cl2NO/c1-14(2)10-23-19-8-7-16(12-24-19)20(25-11-15(3)4)18-13-26-21-17(18)6-5-9-22-21;2*1-11(2)8-19-15-6-5-12(9-20-15)16(22)14-10-21-17-13(14)4-3-7-18-17;1-12(2)9-19-16-6-5-13(10-20-16)8-14-11-21-17-15(14)4-3-7-18-17;14-11-4-3-8(6-16-11)12(18)10-7-17-13-9(10)2-1-5-15-13;1-2-6-3-5-9-7(6)8-4-1;7-5-2-1-4(3-9-5)6(8)10/h5-9,12-15H,10-11H2,1-4H3,(H,22,26)(H,23,24);3-7,9-11,16,22H,8H2,1-2H3,(H,18,21)(H,19,20);3-7,9-11H,8H2,1-2H3,(H,18,21)(H,19,20);3-7,10-12H,8-9H2,1-2H3,(H,18,21)(H,19,20);1-7H,(H,15,17);1-4H,(H,8,9);1-3H/q;;;;;+1;. The molecule has 0 radical (unpaired) electrons. The second-order valence-corrected chi connectivity index (χ2v) is 33.0. The Bertz CT molecular complexity index is 6490. The lowest BCUT2D eigenvalue weighted by atomic mass is 10.0. The van der Waals surface area contributed by atoms with Crippen molar-refractivity contribution in [3.8, 4) is 0 Å². The number of aromatic amines is 5. The zero-order valence-electron chi connectivity index (χ0n) is 72.6. The number of aliphatic hydroxyl groups is 1. The van der Waals surface area contributed by atoms with E-state index in [0.717, 1.165) is 140 Å². The second-order valence-electron chi connectivity index (χ2n) is 31.8. The number of H-pyrrole nitrogens is 5. The van der Waals surface area contributed by atoms with Gasteiger partial charge >= 0.3 is 0 Å². The highest BCUT2D eigenvalue weighted by Gasteiger charge is 2.21. The highest BCUT2D eigenvalue weighted by atomic mass is 35.5. The number of hydrogen-bond donors (Lipinski definition) is 11. The molecule has 11 N–H and O–H groups in total. The number of hydrogen-bond acceptors (Lipinski definition) is 22. The van der Waals surface area contributed by atoms with Crippen molar-refractivity contribution in [3.63, 3.8) is 0 Å². The first-order valence-corrected chi connectivity index (χ1v) is 43.0. The van der Waals surface area contributed by atoms with Crippen LogP contribution in [0.3, 0.4) is 0 Å². The number of carbonyl (C=O) groups excluding carboxylic acids is 3. The van der Waals surface area contributed by atoms with E-state index in [0.29, 0.717) is 79.0 Å². The van der Waals surface area contributed by atoms with E-state index in [2.05, 4.69) is 211 Å². The predicted molar refractivity (Wildman–Crippen MR) is 514 cm³/mol. The summed E-state index contributed by atoms with van der Waals surface area (Å²) in [6, 6.07) is 45.2. The highest BCUT2D eigenvalue weighted by molar-refractivity contribution is 6.67. The molecule has 27 nitrogen and oxygen atoms in total. The number of halogens is 3. The van der Waals surface area contributed by atoms with Crippen molar-refractivity contribution in [3.05, 3.63) is 334 Å². The number of aliphatic hydroxyl groups excluding tert-OH is 1. The molecule has 18 heterocycles. The van der Waals surface area contributed by atoms with E-state index in [-0.39, 0.29) is 11.6 Å². The van der Waals surface area contributed by atoms with Crippen molar-refractivity contribution in [1.82, 2.24) is 84.7 Å². The first-order chi connectivity index (χ1) is 62.0. The number of aliphatic imine (C=N–C) groups is 1. The minimum absolute atomic E-state index is 0.0536. The van der Waals surface area contributed by atoms with Crippen molar-refractivity contribution in [2.24, 2.45) is 34.6 Å².